The Hall–Kier alpha value is -1.55. The quantitative estimate of drug-likeness (QED) is 0.748. The molecule has 0 amide bonds. The van der Waals surface area contributed by atoms with E-state index in [-0.39, 0.29) is 18.1 Å². The van der Waals surface area contributed by atoms with Crippen molar-refractivity contribution in [2.24, 2.45) is 0 Å². The highest BCUT2D eigenvalue weighted by Crippen LogP contribution is 2.09. The zero-order chi connectivity index (χ0) is 12.3. The Bertz CT molecular complexity index is 435. The third-order valence-corrected chi connectivity index (χ3v) is 2.93. The average molecular weight is 235 g/mol. The maximum atomic E-state index is 12.9. The second kappa shape index (κ2) is 5.19. The van der Waals surface area contributed by atoms with E-state index in [1.807, 2.05) is 4.90 Å². The van der Waals surface area contributed by atoms with Gasteiger partial charge in [0.2, 0.25) is 0 Å². The van der Waals surface area contributed by atoms with Crippen molar-refractivity contribution in [3.8, 4) is 0 Å². The highest BCUT2D eigenvalue weighted by atomic mass is 19.1. The average Bonchev–Trinajstić information content (AvgIpc) is 2.32. The van der Waals surface area contributed by atoms with Crippen LogP contribution in [0.1, 0.15) is 23.2 Å². The number of carbonyl (C=O) groups excluding carboxylic acids is 2. The minimum Gasteiger partial charge on any atom is -0.300 e. The molecule has 1 heterocycles. The lowest BCUT2D eigenvalue weighted by molar-refractivity contribution is -0.121. The van der Waals surface area contributed by atoms with Gasteiger partial charge in [-0.1, -0.05) is 12.1 Å². The Morgan fingerprint density at radius 1 is 1.29 bits per heavy atom. The van der Waals surface area contributed by atoms with E-state index in [1.54, 1.807) is 6.07 Å². The molecule has 1 aromatic rings. The lowest BCUT2D eigenvalue weighted by Crippen LogP contribution is -2.37. The molecule has 0 radical (unpaired) electrons. The number of hydrogen-bond donors (Lipinski definition) is 0. The van der Waals surface area contributed by atoms with E-state index in [2.05, 4.69) is 0 Å². The van der Waals surface area contributed by atoms with Gasteiger partial charge < -0.3 is 0 Å². The molecule has 0 aromatic heterocycles. The van der Waals surface area contributed by atoms with Gasteiger partial charge in [0.1, 0.15) is 11.6 Å². The molecule has 2 rings (SSSR count). The molecule has 1 aliphatic rings. The normalized spacial score (nSPS) is 17.1. The molecular formula is C13H14FNO2. The van der Waals surface area contributed by atoms with E-state index in [9.17, 15) is 14.0 Å². The fourth-order valence-corrected chi connectivity index (χ4v) is 1.92. The summed E-state index contributed by atoms with van der Waals surface area (Å²) in [7, 11) is 0. The molecule has 4 heteroatoms. The summed E-state index contributed by atoms with van der Waals surface area (Å²) >= 11 is 0. The standard InChI is InChI=1S/C13H14FNO2/c14-11-3-1-2-10(8-11)13(17)9-15-6-4-12(16)5-7-15/h1-3,8H,4-7,9H2. The fraction of sp³-hybridized carbons (Fsp3) is 0.385. The topological polar surface area (TPSA) is 37.4 Å². The SMILES string of the molecule is O=C1CCN(CC(=O)c2cccc(F)c2)CC1. The Kier molecular flexibility index (Phi) is 3.64. The summed E-state index contributed by atoms with van der Waals surface area (Å²) in [6.07, 6.45) is 1.02. The predicted octanol–water partition coefficient (Wildman–Crippen LogP) is 1.67. The fourth-order valence-electron chi connectivity index (χ4n) is 1.92. The van der Waals surface area contributed by atoms with E-state index in [1.165, 1.54) is 18.2 Å². The number of hydrogen-bond acceptors (Lipinski definition) is 3. The minimum atomic E-state index is -0.398. The van der Waals surface area contributed by atoms with Gasteiger partial charge in [0.05, 0.1) is 6.54 Å². The van der Waals surface area contributed by atoms with Crippen LogP contribution in [0, 0.1) is 5.82 Å². The molecule has 1 fully saturated rings. The van der Waals surface area contributed by atoms with Crippen molar-refractivity contribution in [2.75, 3.05) is 19.6 Å². The van der Waals surface area contributed by atoms with Crippen LogP contribution in [0.25, 0.3) is 0 Å². The van der Waals surface area contributed by atoms with Gasteiger partial charge in [0.25, 0.3) is 0 Å². The number of benzene rings is 1. The van der Waals surface area contributed by atoms with Gasteiger partial charge in [0, 0.05) is 31.5 Å². The first-order chi connectivity index (χ1) is 8.15. The van der Waals surface area contributed by atoms with Crippen molar-refractivity contribution >= 4 is 11.6 Å². The number of Topliss-reactive ketones (excluding diaryl/α,β-unsaturated/α-hetero) is 2. The molecule has 0 atom stereocenters. The molecule has 1 saturated heterocycles. The van der Waals surface area contributed by atoms with Crippen LogP contribution in [0.5, 0.6) is 0 Å². The summed E-state index contributed by atoms with van der Waals surface area (Å²) in [6, 6.07) is 5.70. The molecule has 3 nitrogen and oxygen atoms in total. The smallest absolute Gasteiger partial charge is 0.176 e. The first-order valence-electron chi connectivity index (χ1n) is 5.68. The molecule has 1 aliphatic heterocycles. The maximum Gasteiger partial charge on any atom is 0.176 e. The molecular weight excluding hydrogens is 221 g/mol. The Labute approximate surface area is 99.2 Å². The van der Waals surface area contributed by atoms with Crippen molar-refractivity contribution in [3.05, 3.63) is 35.6 Å². The van der Waals surface area contributed by atoms with Gasteiger partial charge in [-0.3, -0.25) is 14.5 Å². The van der Waals surface area contributed by atoms with Crippen molar-refractivity contribution in [2.45, 2.75) is 12.8 Å². The summed E-state index contributed by atoms with van der Waals surface area (Å²) in [4.78, 5) is 24.8. The van der Waals surface area contributed by atoms with Gasteiger partial charge in [0.15, 0.2) is 5.78 Å². The Balaban J connectivity index is 1.95. The van der Waals surface area contributed by atoms with Crippen molar-refractivity contribution in [1.29, 1.82) is 0 Å². The Morgan fingerprint density at radius 2 is 2.00 bits per heavy atom. The number of rotatable bonds is 3. The summed E-state index contributed by atoms with van der Waals surface area (Å²) in [5.74, 6) is -0.247. The predicted molar refractivity (Wildman–Crippen MR) is 61.4 cm³/mol. The molecule has 1 aromatic carbocycles. The third kappa shape index (κ3) is 3.20. The molecule has 0 aliphatic carbocycles. The zero-order valence-electron chi connectivity index (χ0n) is 9.49. The number of piperidine rings is 1. The van der Waals surface area contributed by atoms with Crippen LogP contribution in [0.15, 0.2) is 24.3 Å². The molecule has 0 bridgehead atoms. The van der Waals surface area contributed by atoms with Crippen LogP contribution in [0.3, 0.4) is 0 Å². The van der Waals surface area contributed by atoms with Gasteiger partial charge in [-0.25, -0.2) is 4.39 Å². The van der Waals surface area contributed by atoms with Crippen molar-refractivity contribution < 1.29 is 14.0 Å². The Morgan fingerprint density at radius 3 is 2.65 bits per heavy atom. The first kappa shape index (κ1) is 11.9. The second-order valence-electron chi connectivity index (χ2n) is 4.25. The monoisotopic (exact) mass is 235 g/mol. The number of nitrogens with zero attached hydrogens (tertiary/aromatic N) is 1. The number of likely N-dealkylation sites (tertiary alicyclic amines) is 1. The highest BCUT2D eigenvalue weighted by molar-refractivity contribution is 5.97. The summed E-state index contributed by atoms with van der Waals surface area (Å²) in [5.41, 5.74) is 0.391. The second-order valence-corrected chi connectivity index (χ2v) is 4.25. The van der Waals surface area contributed by atoms with Crippen LogP contribution in [-0.4, -0.2) is 36.1 Å². The number of carbonyl (C=O) groups is 2. The van der Waals surface area contributed by atoms with E-state index in [4.69, 9.17) is 0 Å². The molecule has 17 heavy (non-hydrogen) atoms. The number of ketones is 2. The minimum absolute atomic E-state index is 0.0983. The molecule has 0 saturated carbocycles. The van der Waals surface area contributed by atoms with Crippen molar-refractivity contribution in [3.63, 3.8) is 0 Å². The largest absolute Gasteiger partial charge is 0.300 e. The molecule has 0 spiro atoms. The first-order valence-corrected chi connectivity index (χ1v) is 5.68. The summed E-state index contributed by atoms with van der Waals surface area (Å²) in [5, 5.41) is 0. The van der Waals surface area contributed by atoms with Gasteiger partial charge in [-0.05, 0) is 12.1 Å². The van der Waals surface area contributed by atoms with Crippen LogP contribution in [-0.2, 0) is 4.79 Å². The van der Waals surface area contributed by atoms with Gasteiger partial charge in [-0.15, -0.1) is 0 Å². The van der Waals surface area contributed by atoms with Crippen LogP contribution in [0.4, 0.5) is 4.39 Å². The lowest BCUT2D eigenvalue weighted by atomic mass is 10.1. The van der Waals surface area contributed by atoms with Gasteiger partial charge in [-0.2, -0.15) is 0 Å². The van der Waals surface area contributed by atoms with Crippen molar-refractivity contribution in [1.82, 2.24) is 4.90 Å². The zero-order valence-corrected chi connectivity index (χ0v) is 9.49. The maximum absolute atomic E-state index is 12.9. The van der Waals surface area contributed by atoms with Crippen LogP contribution >= 0.6 is 0 Å². The number of halogens is 1. The third-order valence-electron chi connectivity index (χ3n) is 2.93. The molecule has 0 unspecified atom stereocenters. The van der Waals surface area contributed by atoms with E-state index in [0.29, 0.717) is 31.5 Å². The van der Waals surface area contributed by atoms with E-state index in [0.717, 1.165) is 0 Å². The van der Waals surface area contributed by atoms with Crippen LogP contribution in [0.2, 0.25) is 0 Å². The molecule has 90 valence electrons. The lowest BCUT2D eigenvalue weighted by Gasteiger charge is -2.24. The van der Waals surface area contributed by atoms with E-state index >= 15 is 0 Å². The van der Waals surface area contributed by atoms with Gasteiger partial charge >= 0.3 is 0 Å². The molecule has 0 N–H and O–H groups in total. The summed E-state index contributed by atoms with van der Waals surface area (Å²) < 4.78 is 12.9. The van der Waals surface area contributed by atoms with E-state index < -0.39 is 5.82 Å². The highest BCUT2D eigenvalue weighted by Gasteiger charge is 2.19. The van der Waals surface area contributed by atoms with Crippen LogP contribution < -0.4 is 0 Å². The summed E-state index contributed by atoms with van der Waals surface area (Å²) in [6.45, 7) is 1.51.